The van der Waals surface area contributed by atoms with Crippen molar-refractivity contribution in [3.05, 3.63) is 47.0 Å². The van der Waals surface area contributed by atoms with Gasteiger partial charge in [0.05, 0.1) is 14.2 Å². The van der Waals surface area contributed by atoms with Gasteiger partial charge in [-0.3, -0.25) is 4.79 Å². The second-order valence-corrected chi connectivity index (χ2v) is 6.89. The smallest absolute Gasteiger partial charge is 0.263 e. The van der Waals surface area contributed by atoms with E-state index in [1.54, 1.807) is 18.2 Å². The molecule has 2 rings (SSSR count). The largest absolute Gasteiger partial charge is 0.496 e. The summed E-state index contributed by atoms with van der Waals surface area (Å²) >= 11 is 0. The molecule has 0 unspecified atom stereocenters. The van der Waals surface area contributed by atoms with Crippen LogP contribution in [-0.2, 0) is 0 Å². The number of ether oxygens (including phenoxy) is 3. The summed E-state index contributed by atoms with van der Waals surface area (Å²) in [4.78, 5) is 12.8. The van der Waals surface area contributed by atoms with Gasteiger partial charge in [0.15, 0.2) is 0 Å². The molecular formula is C22H30N2O4. The second-order valence-electron chi connectivity index (χ2n) is 6.89. The molecule has 6 heteroatoms. The molecule has 0 spiro atoms. The Morgan fingerprint density at radius 2 is 1.61 bits per heavy atom. The second kappa shape index (κ2) is 9.99. The Morgan fingerprint density at radius 1 is 1.04 bits per heavy atom. The van der Waals surface area contributed by atoms with Gasteiger partial charge in [0.1, 0.15) is 29.4 Å². The summed E-state index contributed by atoms with van der Waals surface area (Å²) in [5.74, 6) is 1.48. The Balaban J connectivity index is 2.16. The normalized spacial score (nSPS) is 10.7. The average Bonchev–Trinajstić information content (AvgIpc) is 2.65. The van der Waals surface area contributed by atoms with Crippen LogP contribution in [0.4, 0.5) is 5.69 Å². The maximum absolute atomic E-state index is 12.8. The number of carbonyl (C=O) groups is 1. The standard InChI is InChI=1S/C22H30N2O4/c1-14(2)23-10-11-28-21-15(3)12-17(13-16(21)4)24-22(25)20-18(26-5)8-7-9-19(20)27-6/h7-9,12-14,23H,10-11H2,1-6H3,(H,24,25). The quantitative estimate of drug-likeness (QED) is 0.639. The van der Waals surface area contributed by atoms with E-state index in [-0.39, 0.29) is 5.91 Å². The fraction of sp³-hybridized carbons (Fsp3) is 0.409. The zero-order chi connectivity index (χ0) is 20.7. The topological polar surface area (TPSA) is 68.8 Å². The van der Waals surface area contributed by atoms with Gasteiger partial charge in [-0.2, -0.15) is 0 Å². The first-order chi connectivity index (χ1) is 13.4. The summed E-state index contributed by atoms with van der Waals surface area (Å²) in [6.45, 7) is 9.51. The summed E-state index contributed by atoms with van der Waals surface area (Å²) in [6.07, 6.45) is 0. The van der Waals surface area contributed by atoms with Gasteiger partial charge in [0.2, 0.25) is 0 Å². The zero-order valence-electron chi connectivity index (χ0n) is 17.5. The molecule has 0 aliphatic heterocycles. The van der Waals surface area contributed by atoms with Crippen LogP contribution in [0.3, 0.4) is 0 Å². The van der Waals surface area contributed by atoms with Gasteiger partial charge in [-0.1, -0.05) is 19.9 Å². The molecular weight excluding hydrogens is 356 g/mol. The van der Waals surface area contributed by atoms with E-state index in [2.05, 4.69) is 24.5 Å². The Morgan fingerprint density at radius 3 is 2.11 bits per heavy atom. The third-order valence-corrected chi connectivity index (χ3v) is 4.27. The number of rotatable bonds is 9. The van der Waals surface area contributed by atoms with Crippen molar-refractivity contribution in [2.24, 2.45) is 0 Å². The molecule has 2 aromatic carbocycles. The molecule has 0 aromatic heterocycles. The van der Waals surface area contributed by atoms with Crippen LogP contribution in [0, 0.1) is 13.8 Å². The lowest BCUT2D eigenvalue weighted by atomic mass is 10.1. The van der Waals surface area contributed by atoms with Gasteiger partial charge in [-0.05, 0) is 49.2 Å². The Hall–Kier alpha value is -2.73. The highest BCUT2D eigenvalue weighted by Gasteiger charge is 2.19. The minimum Gasteiger partial charge on any atom is -0.496 e. The molecule has 2 aromatic rings. The first-order valence-corrected chi connectivity index (χ1v) is 9.37. The van der Waals surface area contributed by atoms with E-state index < -0.39 is 0 Å². The first kappa shape index (κ1) is 21.6. The van der Waals surface area contributed by atoms with Crippen LogP contribution in [0.15, 0.2) is 30.3 Å². The van der Waals surface area contributed by atoms with Crippen LogP contribution >= 0.6 is 0 Å². The molecule has 0 aliphatic rings. The van der Waals surface area contributed by atoms with Crippen LogP contribution < -0.4 is 24.8 Å². The minimum atomic E-state index is -0.289. The molecule has 0 bridgehead atoms. The molecule has 1 amide bonds. The lowest BCUT2D eigenvalue weighted by molar-refractivity contribution is 0.102. The van der Waals surface area contributed by atoms with E-state index in [1.807, 2.05) is 26.0 Å². The zero-order valence-corrected chi connectivity index (χ0v) is 17.5. The van der Waals surface area contributed by atoms with Gasteiger partial charge in [-0.15, -0.1) is 0 Å². The SMILES string of the molecule is COc1cccc(OC)c1C(=O)Nc1cc(C)c(OCCNC(C)C)c(C)c1. The third-order valence-electron chi connectivity index (χ3n) is 4.27. The van der Waals surface area contributed by atoms with E-state index >= 15 is 0 Å². The predicted molar refractivity (Wildman–Crippen MR) is 112 cm³/mol. The molecule has 2 N–H and O–H groups in total. The number of amides is 1. The Bertz CT molecular complexity index is 773. The number of nitrogens with one attached hydrogen (secondary N) is 2. The van der Waals surface area contributed by atoms with Crippen molar-refractivity contribution in [2.75, 3.05) is 32.7 Å². The van der Waals surface area contributed by atoms with Gasteiger partial charge in [0.25, 0.3) is 5.91 Å². The minimum absolute atomic E-state index is 0.289. The molecule has 6 nitrogen and oxygen atoms in total. The van der Waals surface area contributed by atoms with Crippen molar-refractivity contribution in [3.8, 4) is 17.2 Å². The van der Waals surface area contributed by atoms with Crippen LogP contribution in [0.2, 0.25) is 0 Å². The van der Waals surface area contributed by atoms with Crippen molar-refractivity contribution >= 4 is 11.6 Å². The van der Waals surface area contributed by atoms with E-state index in [0.717, 1.165) is 23.4 Å². The monoisotopic (exact) mass is 386 g/mol. The van der Waals surface area contributed by atoms with Crippen molar-refractivity contribution in [1.29, 1.82) is 0 Å². The van der Waals surface area contributed by atoms with Gasteiger partial charge >= 0.3 is 0 Å². The van der Waals surface area contributed by atoms with Crippen molar-refractivity contribution in [1.82, 2.24) is 5.32 Å². The number of anilines is 1. The fourth-order valence-corrected chi connectivity index (χ4v) is 3.02. The number of hydrogen-bond acceptors (Lipinski definition) is 5. The lowest BCUT2D eigenvalue weighted by Gasteiger charge is -2.17. The van der Waals surface area contributed by atoms with E-state index in [9.17, 15) is 4.79 Å². The Kier molecular flexibility index (Phi) is 7.70. The number of methoxy groups -OCH3 is 2. The summed E-state index contributed by atoms with van der Waals surface area (Å²) in [7, 11) is 3.06. The van der Waals surface area contributed by atoms with E-state index in [4.69, 9.17) is 14.2 Å². The summed E-state index contributed by atoms with van der Waals surface area (Å²) in [6, 6.07) is 9.47. The highest BCUT2D eigenvalue weighted by atomic mass is 16.5. The third kappa shape index (κ3) is 5.39. The molecule has 0 saturated carbocycles. The molecule has 152 valence electrons. The van der Waals surface area contributed by atoms with E-state index in [0.29, 0.717) is 35.4 Å². The van der Waals surface area contributed by atoms with Crippen LogP contribution in [0.25, 0.3) is 0 Å². The summed E-state index contributed by atoms with van der Waals surface area (Å²) in [5.41, 5.74) is 2.99. The van der Waals surface area contributed by atoms with Gasteiger partial charge in [-0.25, -0.2) is 0 Å². The molecule has 28 heavy (non-hydrogen) atoms. The predicted octanol–water partition coefficient (Wildman–Crippen LogP) is 3.95. The lowest BCUT2D eigenvalue weighted by Crippen LogP contribution is -2.27. The van der Waals surface area contributed by atoms with Crippen molar-refractivity contribution < 1.29 is 19.0 Å². The maximum atomic E-state index is 12.8. The maximum Gasteiger partial charge on any atom is 0.263 e. The highest BCUT2D eigenvalue weighted by Crippen LogP contribution is 2.31. The molecule has 0 radical (unpaired) electrons. The number of carbonyl (C=O) groups excluding carboxylic acids is 1. The molecule has 0 saturated heterocycles. The number of hydrogen-bond donors (Lipinski definition) is 2. The van der Waals surface area contributed by atoms with Gasteiger partial charge in [0, 0.05) is 18.3 Å². The average molecular weight is 386 g/mol. The van der Waals surface area contributed by atoms with Crippen LogP contribution in [-0.4, -0.2) is 39.3 Å². The first-order valence-electron chi connectivity index (χ1n) is 9.37. The van der Waals surface area contributed by atoms with Crippen LogP contribution in [0.5, 0.6) is 17.2 Å². The highest BCUT2D eigenvalue weighted by molar-refractivity contribution is 6.08. The molecule has 0 fully saturated rings. The van der Waals surface area contributed by atoms with Gasteiger partial charge < -0.3 is 24.8 Å². The van der Waals surface area contributed by atoms with Crippen molar-refractivity contribution in [2.45, 2.75) is 33.7 Å². The summed E-state index contributed by atoms with van der Waals surface area (Å²) in [5, 5.41) is 6.26. The number of benzene rings is 2. The fourth-order valence-electron chi connectivity index (χ4n) is 3.02. The van der Waals surface area contributed by atoms with Crippen LogP contribution in [0.1, 0.15) is 35.3 Å². The molecule has 0 aliphatic carbocycles. The molecule has 0 heterocycles. The Labute approximate surface area is 167 Å². The van der Waals surface area contributed by atoms with E-state index in [1.165, 1.54) is 14.2 Å². The molecule has 0 atom stereocenters. The van der Waals surface area contributed by atoms with Crippen molar-refractivity contribution in [3.63, 3.8) is 0 Å². The number of aryl methyl sites for hydroxylation is 2. The summed E-state index contributed by atoms with van der Waals surface area (Å²) < 4.78 is 16.6.